The van der Waals surface area contributed by atoms with Gasteiger partial charge in [-0.15, -0.1) is 10.2 Å². The molecule has 0 unspecified atom stereocenters. The standard InChI is InChI=1S/C12H16N6O2/c1-6-9(4-5-10(13)19)8(3)18(17-6)12-14-11(20)7(2)15-16-12/h4-5H2,1-3H3,(H2,13,19)(H,14,16,20). The molecule has 0 bridgehead atoms. The lowest BCUT2D eigenvalue weighted by atomic mass is 10.1. The highest BCUT2D eigenvalue weighted by Crippen LogP contribution is 2.16. The van der Waals surface area contributed by atoms with Crippen molar-refractivity contribution in [1.29, 1.82) is 0 Å². The lowest BCUT2D eigenvalue weighted by Gasteiger charge is -2.03. The zero-order valence-corrected chi connectivity index (χ0v) is 11.6. The third-order valence-corrected chi connectivity index (χ3v) is 3.11. The van der Waals surface area contributed by atoms with Gasteiger partial charge in [-0.25, -0.2) is 4.68 Å². The normalized spacial score (nSPS) is 10.8. The van der Waals surface area contributed by atoms with Gasteiger partial charge < -0.3 is 5.73 Å². The number of nitrogens with one attached hydrogen (secondary N) is 1. The van der Waals surface area contributed by atoms with Crippen molar-refractivity contribution in [2.75, 3.05) is 0 Å². The molecule has 20 heavy (non-hydrogen) atoms. The molecule has 1 amide bonds. The van der Waals surface area contributed by atoms with Crippen LogP contribution >= 0.6 is 0 Å². The van der Waals surface area contributed by atoms with E-state index in [-0.39, 0.29) is 23.8 Å². The molecule has 0 saturated carbocycles. The maximum Gasteiger partial charge on any atom is 0.274 e. The minimum absolute atomic E-state index is 0.253. The Morgan fingerprint density at radius 1 is 1.25 bits per heavy atom. The minimum Gasteiger partial charge on any atom is -0.370 e. The first-order chi connectivity index (χ1) is 9.40. The number of H-pyrrole nitrogens is 1. The van der Waals surface area contributed by atoms with E-state index in [4.69, 9.17) is 5.73 Å². The summed E-state index contributed by atoms with van der Waals surface area (Å²) in [5.74, 6) is -0.105. The van der Waals surface area contributed by atoms with E-state index >= 15 is 0 Å². The number of aromatic nitrogens is 5. The van der Waals surface area contributed by atoms with Gasteiger partial charge in [0.1, 0.15) is 5.69 Å². The molecule has 0 aliphatic rings. The maximum atomic E-state index is 11.6. The van der Waals surface area contributed by atoms with Crippen molar-refractivity contribution in [2.24, 2.45) is 5.73 Å². The van der Waals surface area contributed by atoms with Crippen LogP contribution in [-0.2, 0) is 11.2 Å². The summed E-state index contributed by atoms with van der Waals surface area (Å²) in [6.07, 6.45) is 0.764. The van der Waals surface area contributed by atoms with Gasteiger partial charge in [0.05, 0.1) is 5.69 Å². The van der Waals surface area contributed by atoms with Crippen LogP contribution in [0.5, 0.6) is 0 Å². The van der Waals surface area contributed by atoms with Gasteiger partial charge in [-0.3, -0.25) is 14.6 Å². The van der Waals surface area contributed by atoms with E-state index in [0.717, 1.165) is 17.0 Å². The Bertz CT molecular complexity index is 715. The lowest BCUT2D eigenvalue weighted by molar-refractivity contribution is -0.117. The summed E-state index contributed by atoms with van der Waals surface area (Å²) >= 11 is 0. The van der Waals surface area contributed by atoms with Crippen LogP contribution in [0, 0.1) is 20.8 Å². The summed E-state index contributed by atoms with van der Waals surface area (Å²) in [6, 6.07) is 0. The van der Waals surface area contributed by atoms with Gasteiger partial charge in [-0.1, -0.05) is 0 Å². The second-order valence-corrected chi connectivity index (χ2v) is 4.59. The number of rotatable bonds is 4. The summed E-state index contributed by atoms with van der Waals surface area (Å²) < 4.78 is 1.51. The molecule has 2 aromatic rings. The van der Waals surface area contributed by atoms with E-state index in [2.05, 4.69) is 20.3 Å². The molecular weight excluding hydrogens is 260 g/mol. The van der Waals surface area contributed by atoms with Gasteiger partial charge in [-0.05, 0) is 32.8 Å². The Hall–Kier alpha value is -2.51. The monoisotopic (exact) mass is 276 g/mol. The molecule has 2 rings (SSSR count). The van der Waals surface area contributed by atoms with Crippen LogP contribution in [0.2, 0.25) is 0 Å². The number of nitrogens with zero attached hydrogens (tertiary/aromatic N) is 4. The Balaban J connectivity index is 2.43. The third-order valence-electron chi connectivity index (χ3n) is 3.11. The molecule has 3 N–H and O–H groups in total. The Labute approximate surface area is 115 Å². The molecule has 0 aliphatic heterocycles. The van der Waals surface area contributed by atoms with E-state index in [9.17, 15) is 9.59 Å². The van der Waals surface area contributed by atoms with Crippen LogP contribution in [-0.4, -0.2) is 30.9 Å². The first kappa shape index (κ1) is 13.9. The number of hydrogen-bond acceptors (Lipinski definition) is 5. The average molecular weight is 276 g/mol. The second-order valence-electron chi connectivity index (χ2n) is 4.59. The van der Waals surface area contributed by atoms with E-state index in [1.165, 1.54) is 4.68 Å². The quantitative estimate of drug-likeness (QED) is 0.794. The first-order valence-electron chi connectivity index (χ1n) is 6.17. The fraction of sp³-hybridized carbons (Fsp3) is 0.417. The number of carbonyl (C=O) groups is 1. The van der Waals surface area contributed by atoms with Gasteiger partial charge in [0.15, 0.2) is 0 Å². The molecule has 0 atom stereocenters. The van der Waals surface area contributed by atoms with Gasteiger partial charge >= 0.3 is 0 Å². The van der Waals surface area contributed by atoms with Crippen molar-refractivity contribution in [2.45, 2.75) is 33.6 Å². The van der Waals surface area contributed by atoms with Crippen molar-refractivity contribution < 1.29 is 4.79 Å². The van der Waals surface area contributed by atoms with Crippen LogP contribution < -0.4 is 11.3 Å². The molecule has 8 heteroatoms. The first-order valence-corrected chi connectivity index (χ1v) is 6.17. The molecule has 0 radical (unpaired) electrons. The summed E-state index contributed by atoms with van der Waals surface area (Å²) in [4.78, 5) is 25.1. The SMILES string of the molecule is Cc1nn(-c2nnc(C)c(=O)[nH]2)c(C)c1CCC(N)=O. The van der Waals surface area contributed by atoms with Gasteiger partial charge in [-0.2, -0.15) is 5.10 Å². The van der Waals surface area contributed by atoms with Crippen LogP contribution in [0.1, 0.15) is 29.1 Å². The van der Waals surface area contributed by atoms with Crippen molar-refractivity contribution >= 4 is 5.91 Å². The number of nitrogens with two attached hydrogens (primary N) is 1. The average Bonchev–Trinajstić information content (AvgIpc) is 2.66. The molecule has 0 saturated heterocycles. The van der Waals surface area contributed by atoms with Crippen LogP contribution in [0.4, 0.5) is 0 Å². The van der Waals surface area contributed by atoms with E-state index in [1.807, 2.05) is 13.8 Å². The van der Waals surface area contributed by atoms with E-state index < -0.39 is 0 Å². The number of aryl methyl sites for hydroxylation is 2. The molecule has 0 spiro atoms. The topological polar surface area (TPSA) is 120 Å². The highest BCUT2D eigenvalue weighted by molar-refractivity contribution is 5.74. The maximum absolute atomic E-state index is 11.6. The summed E-state index contributed by atoms with van der Waals surface area (Å²) in [5, 5.41) is 12.0. The zero-order valence-electron chi connectivity index (χ0n) is 11.6. The van der Waals surface area contributed by atoms with Gasteiger partial charge in [0.25, 0.3) is 11.5 Å². The highest BCUT2D eigenvalue weighted by atomic mass is 16.1. The van der Waals surface area contributed by atoms with E-state index in [0.29, 0.717) is 12.1 Å². The predicted molar refractivity (Wildman–Crippen MR) is 71.5 cm³/mol. The second kappa shape index (κ2) is 5.24. The van der Waals surface area contributed by atoms with Gasteiger partial charge in [0.2, 0.25) is 5.91 Å². The number of hydrogen-bond donors (Lipinski definition) is 2. The Kier molecular flexibility index (Phi) is 3.64. The summed E-state index contributed by atoms with van der Waals surface area (Å²) in [5.41, 5.74) is 7.65. The predicted octanol–water partition coefficient (Wildman–Crippen LogP) is -0.306. The smallest absolute Gasteiger partial charge is 0.274 e. The fourth-order valence-electron chi connectivity index (χ4n) is 1.97. The van der Waals surface area contributed by atoms with Gasteiger partial charge in [0, 0.05) is 12.1 Å². The fourth-order valence-corrected chi connectivity index (χ4v) is 1.97. The number of amides is 1. The number of aromatic amines is 1. The molecule has 2 heterocycles. The number of carbonyl (C=O) groups excluding carboxylic acids is 1. The van der Waals surface area contributed by atoms with Crippen LogP contribution in [0.15, 0.2) is 4.79 Å². The van der Waals surface area contributed by atoms with Crippen LogP contribution in [0.25, 0.3) is 5.95 Å². The minimum atomic E-state index is -0.361. The molecule has 106 valence electrons. The molecule has 0 aromatic carbocycles. The van der Waals surface area contributed by atoms with E-state index in [1.54, 1.807) is 6.92 Å². The zero-order chi connectivity index (χ0) is 14.9. The van der Waals surface area contributed by atoms with Crippen molar-refractivity contribution in [1.82, 2.24) is 25.0 Å². The highest BCUT2D eigenvalue weighted by Gasteiger charge is 2.15. The molecule has 0 aliphatic carbocycles. The largest absolute Gasteiger partial charge is 0.370 e. The van der Waals surface area contributed by atoms with Crippen LogP contribution in [0.3, 0.4) is 0 Å². The lowest BCUT2D eigenvalue weighted by Crippen LogP contribution is -2.18. The Morgan fingerprint density at radius 2 is 1.95 bits per heavy atom. The number of primary amides is 1. The summed E-state index contributed by atoms with van der Waals surface area (Å²) in [7, 11) is 0. The molecule has 8 nitrogen and oxygen atoms in total. The third kappa shape index (κ3) is 2.58. The summed E-state index contributed by atoms with van der Waals surface area (Å²) in [6.45, 7) is 5.25. The molecule has 0 fully saturated rings. The van der Waals surface area contributed by atoms with Crippen molar-refractivity contribution in [3.63, 3.8) is 0 Å². The van der Waals surface area contributed by atoms with Crippen molar-refractivity contribution in [3.8, 4) is 5.95 Å². The Morgan fingerprint density at radius 3 is 2.55 bits per heavy atom. The molecular formula is C12H16N6O2. The molecule has 2 aromatic heterocycles. The van der Waals surface area contributed by atoms with Crippen molar-refractivity contribution in [3.05, 3.63) is 33.0 Å².